The van der Waals surface area contributed by atoms with E-state index in [-0.39, 0.29) is 17.4 Å². The van der Waals surface area contributed by atoms with Gasteiger partial charge in [0.25, 0.3) is 11.8 Å². The lowest BCUT2D eigenvalue weighted by Crippen LogP contribution is -2.30. The number of benzene rings is 4. The predicted octanol–water partition coefficient (Wildman–Crippen LogP) is 8.52. The minimum atomic E-state index is -0.523. The van der Waals surface area contributed by atoms with E-state index < -0.39 is 11.8 Å². The Labute approximate surface area is 285 Å². The molecule has 3 N–H and O–H groups in total. The highest BCUT2D eigenvalue weighted by molar-refractivity contribution is 8.00. The van der Waals surface area contributed by atoms with Crippen LogP contribution in [0.15, 0.2) is 142 Å². The van der Waals surface area contributed by atoms with Crippen LogP contribution in [0, 0.1) is 6.92 Å². The highest BCUT2D eigenvalue weighted by atomic mass is 32.2. The molecule has 6 rings (SSSR count). The van der Waals surface area contributed by atoms with Gasteiger partial charge in [-0.2, -0.15) is 0 Å². The SMILES string of the molecule is Cc1ccc(-c2ccc(C=C(NC(=O)c3ccccc3)C(=O)Nc3ccc(SCC(=O)Nc4nc(-c5ccccc5)cs4)cc3)o2)cc1. The minimum Gasteiger partial charge on any atom is -0.457 e. The number of carbonyl (C=O) groups excluding carboxylic acids is 3. The molecule has 0 bridgehead atoms. The van der Waals surface area contributed by atoms with E-state index in [0.29, 0.717) is 27.9 Å². The minimum absolute atomic E-state index is 0.0152. The molecule has 6 aromatic rings. The molecule has 0 aliphatic carbocycles. The summed E-state index contributed by atoms with van der Waals surface area (Å²) in [5.74, 6) is 0.118. The maximum atomic E-state index is 13.5. The third kappa shape index (κ3) is 8.55. The molecule has 0 spiro atoms. The lowest BCUT2D eigenvalue weighted by atomic mass is 10.1. The van der Waals surface area contributed by atoms with E-state index in [1.165, 1.54) is 29.2 Å². The van der Waals surface area contributed by atoms with Crippen molar-refractivity contribution in [3.63, 3.8) is 0 Å². The lowest BCUT2D eigenvalue weighted by Gasteiger charge is -2.11. The molecule has 2 heterocycles. The van der Waals surface area contributed by atoms with E-state index in [2.05, 4.69) is 20.9 Å². The Hall–Kier alpha value is -5.71. The molecule has 48 heavy (non-hydrogen) atoms. The third-order valence-electron chi connectivity index (χ3n) is 7.08. The first-order chi connectivity index (χ1) is 23.4. The van der Waals surface area contributed by atoms with Crippen molar-refractivity contribution in [3.8, 4) is 22.6 Å². The molecule has 0 saturated carbocycles. The standard InChI is InChI=1S/C38H30N4O4S2/c1-25-12-14-27(15-13-25)34-21-18-30(46-34)22-32(40-36(44)28-10-6-3-7-11-28)37(45)39-29-16-19-31(20-17-29)47-24-35(43)42-38-41-33(23-48-38)26-8-4-2-5-9-26/h2-23H,24H2,1H3,(H,39,45)(H,40,44)(H,41,42,43). The Bertz CT molecular complexity index is 2050. The average molecular weight is 671 g/mol. The van der Waals surface area contributed by atoms with E-state index >= 15 is 0 Å². The van der Waals surface area contributed by atoms with Crippen LogP contribution in [0.1, 0.15) is 21.7 Å². The van der Waals surface area contributed by atoms with E-state index in [1.807, 2.05) is 91.2 Å². The molecule has 2 aromatic heterocycles. The number of thiazole rings is 1. The summed E-state index contributed by atoms with van der Waals surface area (Å²) in [6.07, 6.45) is 1.50. The van der Waals surface area contributed by atoms with Gasteiger partial charge in [0.15, 0.2) is 5.13 Å². The van der Waals surface area contributed by atoms with Gasteiger partial charge in [-0.15, -0.1) is 23.1 Å². The van der Waals surface area contributed by atoms with Crippen molar-refractivity contribution in [2.45, 2.75) is 11.8 Å². The van der Waals surface area contributed by atoms with Crippen LogP contribution in [0.4, 0.5) is 10.8 Å². The van der Waals surface area contributed by atoms with Gasteiger partial charge in [0.2, 0.25) is 5.91 Å². The monoisotopic (exact) mass is 670 g/mol. The fourth-order valence-corrected chi connectivity index (χ4v) is 6.03. The second-order valence-corrected chi connectivity index (χ2v) is 12.6. The van der Waals surface area contributed by atoms with Crippen LogP contribution >= 0.6 is 23.1 Å². The normalized spacial score (nSPS) is 11.1. The van der Waals surface area contributed by atoms with Crippen molar-refractivity contribution in [3.05, 3.63) is 149 Å². The summed E-state index contributed by atoms with van der Waals surface area (Å²) in [4.78, 5) is 44.4. The molecule has 8 nitrogen and oxygen atoms in total. The summed E-state index contributed by atoms with van der Waals surface area (Å²) < 4.78 is 6.00. The highest BCUT2D eigenvalue weighted by Crippen LogP contribution is 2.27. The van der Waals surface area contributed by atoms with Gasteiger partial charge < -0.3 is 20.4 Å². The molecule has 238 valence electrons. The largest absolute Gasteiger partial charge is 0.457 e. The molecule has 0 aliphatic heterocycles. The van der Waals surface area contributed by atoms with E-state index in [0.717, 1.165) is 27.3 Å². The number of hydrogen-bond donors (Lipinski definition) is 3. The van der Waals surface area contributed by atoms with Gasteiger partial charge in [-0.05, 0) is 55.5 Å². The quantitative estimate of drug-likeness (QED) is 0.0941. The first-order valence-electron chi connectivity index (χ1n) is 15.0. The number of nitrogens with one attached hydrogen (secondary N) is 3. The predicted molar refractivity (Wildman–Crippen MR) is 193 cm³/mol. The summed E-state index contributed by atoms with van der Waals surface area (Å²) >= 11 is 2.74. The van der Waals surface area contributed by atoms with E-state index in [4.69, 9.17) is 4.42 Å². The van der Waals surface area contributed by atoms with Crippen LogP contribution in [0.25, 0.3) is 28.7 Å². The summed E-state index contributed by atoms with van der Waals surface area (Å²) in [6.45, 7) is 2.01. The number of nitrogens with zero attached hydrogens (tertiary/aromatic N) is 1. The van der Waals surface area contributed by atoms with Crippen LogP contribution in [0.2, 0.25) is 0 Å². The van der Waals surface area contributed by atoms with Crippen molar-refractivity contribution < 1.29 is 18.8 Å². The topological polar surface area (TPSA) is 113 Å². The molecule has 0 fully saturated rings. The average Bonchev–Trinajstić information content (AvgIpc) is 3.79. The van der Waals surface area contributed by atoms with Crippen LogP contribution in [-0.4, -0.2) is 28.5 Å². The van der Waals surface area contributed by atoms with Gasteiger partial charge in [0, 0.05) is 38.7 Å². The summed E-state index contributed by atoms with van der Waals surface area (Å²) in [5, 5.41) is 10.9. The van der Waals surface area contributed by atoms with Crippen molar-refractivity contribution in [1.29, 1.82) is 0 Å². The van der Waals surface area contributed by atoms with Gasteiger partial charge in [0.1, 0.15) is 17.2 Å². The lowest BCUT2D eigenvalue weighted by molar-refractivity contribution is -0.114. The van der Waals surface area contributed by atoms with Crippen LogP contribution in [-0.2, 0) is 9.59 Å². The van der Waals surface area contributed by atoms with Crippen molar-refractivity contribution >= 4 is 57.7 Å². The Morgan fingerprint density at radius 1 is 0.792 bits per heavy atom. The number of thioether (sulfide) groups is 1. The molecular formula is C38H30N4O4S2. The molecule has 0 atom stereocenters. The van der Waals surface area contributed by atoms with E-state index in [9.17, 15) is 14.4 Å². The van der Waals surface area contributed by atoms with Gasteiger partial charge in [-0.3, -0.25) is 14.4 Å². The summed E-state index contributed by atoms with van der Waals surface area (Å²) in [7, 11) is 0. The van der Waals surface area contributed by atoms with E-state index in [1.54, 1.807) is 42.5 Å². The number of hydrogen-bond acceptors (Lipinski definition) is 7. The van der Waals surface area contributed by atoms with Gasteiger partial charge in [-0.1, -0.05) is 78.4 Å². The second kappa shape index (κ2) is 15.3. The van der Waals surface area contributed by atoms with Crippen molar-refractivity contribution in [2.24, 2.45) is 0 Å². The number of aromatic nitrogens is 1. The number of anilines is 2. The number of carbonyl (C=O) groups is 3. The Morgan fingerprint density at radius 3 is 2.23 bits per heavy atom. The molecule has 4 aromatic carbocycles. The molecule has 0 saturated heterocycles. The molecular weight excluding hydrogens is 641 g/mol. The van der Waals surface area contributed by atoms with Crippen molar-refractivity contribution in [2.75, 3.05) is 16.4 Å². The Morgan fingerprint density at radius 2 is 1.50 bits per heavy atom. The van der Waals surface area contributed by atoms with Gasteiger partial charge in [-0.25, -0.2) is 4.98 Å². The molecule has 10 heteroatoms. The Kier molecular flexibility index (Phi) is 10.2. The molecule has 0 radical (unpaired) electrons. The fraction of sp³-hybridized carbons (Fsp3) is 0.0526. The first kappa shape index (κ1) is 32.2. The van der Waals surface area contributed by atoms with Crippen LogP contribution in [0.3, 0.4) is 0 Å². The van der Waals surface area contributed by atoms with Crippen molar-refractivity contribution in [1.82, 2.24) is 10.3 Å². The van der Waals surface area contributed by atoms with Gasteiger partial charge in [0.05, 0.1) is 11.4 Å². The fourth-order valence-electron chi connectivity index (χ4n) is 4.60. The number of rotatable bonds is 11. The zero-order valence-electron chi connectivity index (χ0n) is 25.8. The zero-order chi connectivity index (χ0) is 33.3. The number of furan rings is 1. The summed E-state index contributed by atoms with van der Waals surface area (Å²) in [6, 6.07) is 37.0. The molecule has 3 amide bonds. The molecule has 0 aliphatic rings. The van der Waals surface area contributed by atoms with Crippen LogP contribution < -0.4 is 16.0 Å². The second-order valence-electron chi connectivity index (χ2n) is 10.7. The number of amides is 3. The molecule has 0 unspecified atom stereocenters. The summed E-state index contributed by atoms with van der Waals surface area (Å²) in [5.41, 5.74) is 4.78. The van der Waals surface area contributed by atoms with Crippen LogP contribution in [0.5, 0.6) is 0 Å². The maximum Gasteiger partial charge on any atom is 0.272 e. The zero-order valence-corrected chi connectivity index (χ0v) is 27.4. The Balaban J connectivity index is 1.09. The maximum absolute atomic E-state index is 13.5. The third-order valence-corrected chi connectivity index (χ3v) is 8.85. The number of aryl methyl sites for hydroxylation is 1. The smallest absolute Gasteiger partial charge is 0.272 e. The van der Waals surface area contributed by atoms with Gasteiger partial charge >= 0.3 is 0 Å². The highest BCUT2D eigenvalue weighted by Gasteiger charge is 2.17. The first-order valence-corrected chi connectivity index (χ1v) is 16.9.